The summed E-state index contributed by atoms with van der Waals surface area (Å²) in [5.74, 6) is -2.21. The average molecular weight is 467 g/mol. The monoisotopic (exact) mass is 467 g/mol. The molecule has 1 unspecified atom stereocenters. The van der Waals surface area contributed by atoms with Gasteiger partial charge in [-0.25, -0.2) is 9.69 Å². The Balaban J connectivity index is 1.93. The zero-order valence-corrected chi connectivity index (χ0v) is 19.3. The summed E-state index contributed by atoms with van der Waals surface area (Å²) in [4.78, 5) is 64.3. The molecule has 178 valence electrons. The van der Waals surface area contributed by atoms with Crippen molar-refractivity contribution in [3.63, 3.8) is 0 Å². The van der Waals surface area contributed by atoms with E-state index in [1.54, 1.807) is 27.7 Å². The first-order chi connectivity index (χ1) is 16.0. The van der Waals surface area contributed by atoms with Crippen LogP contribution in [0.2, 0.25) is 0 Å². The Hall–Kier alpha value is -4.08. The van der Waals surface area contributed by atoms with Crippen LogP contribution in [-0.4, -0.2) is 51.7 Å². The highest BCUT2D eigenvalue weighted by Gasteiger charge is 2.47. The van der Waals surface area contributed by atoms with E-state index in [0.29, 0.717) is 0 Å². The lowest BCUT2D eigenvalue weighted by molar-refractivity contribution is -0.384. The largest absolute Gasteiger partial charge is 0.462 e. The summed E-state index contributed by atoms with van der Waals surface area (Å²) in [5.41, 5.74) is -0.536. The van der Waals surface area contributed by atoms with E-state index in [4.69, 9.17) is 4.74 Å². The number of anilines is 1. The third kappa shape index (κ3) is 4.80. The van der Waals surface area contributed by atoms with Gasteiger partial charge < -0.3 is 9.64 Å². The molecule has 1 atom stereocenters. The first-order valence-electron chi connectivity index (χ1n) is 10.7. The number of imide groups is 1. The van der Waals surface area contributed by atoms with Gasteiger partial charge in [0.2, 0.25) is 5.91 Å². The summed E-state index contributed by atoms with van der Waals surface area (Å²) in [7, 11) is 0. The highest BCUT2D eigenvalue weighted by Crippen LogP contribution is 2.31. The number of nitrogens with zero attached hydrogens (tertiary/aromatic N) is 3. The zero-order chi connectivity index (χ0) is 25.2. The highest BCUT2D eigenvalue weighted by molar-refractivity contribution is 6.23. The number of ether oxygens (including phenoxy) is 1. The topological polar surface area (TPSA) is 127 Å². The third-order valence-electron chi connectivity index (χ3n) is 5.32. The van der Waals surface area contributed by atoms with Crippen molar-refractivity contribution in [2.45, 2.75) is 45.7 Å². The van der Waals surface area contributed by atoms with E-state index in [2.05, 4.69) is 0 Å². The molecule has 34 heavy (non-hydrogen) atoms. The fourth-order valence-corrected chi connectivity index (χ4v) is 3.86. The van der Waals surface area contributed by atoms with Crippen molar-refractivity contribution in [3.8, 4) is 0 Å². The normalized spacial score (nSPS) is 15.9. The molecule has 1 aliphatic heterocycles. The Kier molecular flexibility index (Phi) is 6.80. The number of esters is 1. The van der Waals surface area contributed by atoms with E-state index < -0.39 is 40.2 Å². The molecule has 1 fully saturated rings. The lowest BCUT2D eigenvalue weighted by atomic mass is 9.99. The van der Waals surface area contributed by atoms with Crippen molar-refractivity contribution in [2.75, 3.05) is 11.5 Å². The average Bonchev–Trinajstić information content (AvgIpc) is 3.06. The number of carbonyl (C=O) groups excluding carboxylic acids is 4. The van der Waals surface area contributed by atoms with Crippen molar-refractivity contribution in [2.24, 2.45) is 0 Å². The predicted octanol–water partition coefficient (Wildman–Crippen LogP) is 3.34. The smallest absolute Gasteiger partial charge is 0.338 e. The van der Waals surface area contributed by atoms with Crippen molar-refractivity contribution < 1.29 is 28.8 Å². The van der Waals surface area contributed by atoms with Crippen LogP contribution in [0, 0.1) is 10.1 Å². The molecule has 3 rings (SSSR count). The van der Waals surface area contributed by atoms with Crippen LogP contribution in [0.3, 0.4) is 0 Å². The van der Waals surface area contributed by atoms with Crippen molar-refractivity contribution in [1.82, 2.24) is 4.90 Å². The van der Waals surface area contributed by atoms with Crippen LogP contribution in [0.25, 0.3) is 0 Å². The quantitative estimate of drug-likeness (QED) is 0.276. The molecule has 0 bridgehead atoms. The zero-order valence-electron chi connectivity index (χ0n) is 19.3. The van der Waals surface area contributed by atoms with Crippen LogP contribution < -0.4 is 4.90 Å². The van der Waals surface area contributed by atoms with Gasteiger partial charge in [0, 0.05) is 23.2 Å². The fraction of sp³-hybridized carbons (Fsp3) is 0.333. The third-order valence-corrected chi connectivity index (χ3v) is 5.32. The standard InChI is InChI=1S/C24H25N3O7/c1-5-34-23(31)15-9-11-17(12-10-15)25-20(28)14-19(22(25)30)26(24(2,3)4)21(29)16-7-6-8-18(13-16)27(32)33/h6-13,19H,5,14H2,1-4H3. The summed E-state index contributed by atoms with van der Waals surface area (Å²) in [6.07, 6.45) is -0.240. The lowest BCUT2D eigenvalue weighted by Gasteiger charge is -2.39. The SMILES string of the molecule is CCOC(=O)c1ccc(N2C(=O)CC(N(C(=O)c3cccc([N+](=O)[O-])c3)C(C)(C)C)C2=O)cc1. The number of hydrogen-bond acceptors (Lipinski definition) is 7. The molecule has 0 aromatic heterocycles. The second-order valence-electron chi connectivity index (χ2n) is 8.71. The maximum Gasteiger partial charge on any atom is 0.338 e. The Morgan fingerprint density at radius 3 is 2.32 bits per heavy atom. The number of non-ortho nitro benzene ring substituents is 1. The first kappa shape index (κ1) is 24.6. The Bertz CT molecular complexity index is 1150. The van der Waals surface area contributed by atoms with Gasteiger partial charge in [-0.05, 0) is 58.0 Å². The second kappa shape index (κ2) is 9.42. The number of benzene rings is 2. The van der Waals surface area contributed by atoms with Gasteiger partial charge in [-0.15, -0.1) is 0 Å². The molecule has 3 amide bonds. The number of nitro groups is 1. The van der Waals surface area contributed by atoms with E-state index >= 15 is 0 Å². The Morgan fingerprint density at radius 2 is 1.76 bits per heavy atom. The van der Waals surface area contributed by atoms with E-state index in [1.807, 2.05) is 0 Å². The molecule has 0 aliphatic carbocycles. The van der Waals surface area contributed by atoms with Crippen LogP contribution in [0.5, 0.6) is 0 Å². The molecule has 0 spiro atoms. The summed E-state index contributed by atoms with van der Waals surface area (Å²) in [6, 6.07) is 9.99. The van der Waals surface area contributed by atoms with Gasteiger partial charge in [-0.2, -0.15) is 0 Å². The summed E-state index contributed by atoms with van der Waals surface area (Å²) < 4.78 is 4.94. The first-order valence-corrected chi connectivity index (χ1v) is 10.7. The summed E-state index contributed by atoms with van der Waals surface area (Å²) >= 11 is 0. The van der Waals surface area contributed by atoms with Gasteiger partial charge in [0.25, 0.3) is 17.5 Å². The van der Waals surface area contributed by atoms with Crippen LogP contribution in [-0.2, 0) is 14.3 Å². The molecule has 2 aromatic carbocycles. The van der Waals surface area contributed by atoms with Gasteiger partial charge in [0.05, 0.1) is 29.2 Å². The van der Waals surface area contributed by atoms with Gasteiger partial charge in [0.1, 0.15) is 6.04 Å². The van der Waals surface area contributed by atoms with Crippen molar-refractivity contribution >= 4 is 35.1 Å². The molecule has 2 aromatic rings. The van der Waals surface area contributed by atoms with E-state index in [1.165, 1.54) is 47.4 Å². The van der Waals surface area contributed by atoms with E-state index in [-0.39, 0.29) is 35.5 Å². The van der Waals surface area contributed by atoms with Crippen LogP contribution in [0.4, 0.5) is 11.4 Å². The lowest BCUT2D eigenvalue weighted by Crippen LogP contribution is -2.54. The molecule has 1 aliphatic rings. The van der Waals surface area contributed by atoms with Crippen molar-refractivity contribution in [1.29, 1.82) is 0 Å². The minimum absolute atomic E-state index is 0.0432. The number of nitro benzene ring substituents is 1. The number of amides is 3. The molecule has 1 saturated heterocycles. The Morgan fingerprint density at radius 1 is 1.12 bits per heavy atom. The summed E-state index contributed by atoms with van der Waals surface area (Å²) in [5, 5.41) is 11.1. The fourth-order valence-electron chi connectivity index (χ4n) is 3.86. The molecule has 10 nitrogen and oxygen atoms in total. The van der Waals surface area contributed by atoms with Crippen LogP contribution in [0.1, 0.15) is 54.8 Å². The Labute approximate surface area is 196 Å². The number of hydrogen-bond donors (Lipinski definition) is 0. The highest BCUT2D eigenvalue weighted by atomic mass is 16.6. The van der Waals surface area contributed by atoms with Gasteiger partial charge in [-0.3, -0.25) is 24.5 Å². The van der Waals surface area contributed by atoms with Gasteiger partial charge in [-0.1, -0.05) is 6.07 Å². The van der Waals surface area contributed by atoms with Gasteiger partial charge in [0.15, 0.2) is 0 Å². The predicted molar refractivity (Wildman–Crippen MR) is 122 cm³/mol. The van der Waals surface area contributed by atoms with Crippen LogP contribution in [0.15, 0.2) is 48.5 Å². The molecule has 1 heterocycles. The molecule has 10 heteroatoms. The molecule has 0 saturated carbocycles. The summed E-state index contributed by atoms with van der Waals surface area (Å²) in [6.45, 7) is 7.06. The minimum Gasteiger partial charge on any atom is -0.462 e. The molecular weight excluding hydrogens is 442 g/mol. The molecule has 0 radical (unpaired) electrons. The number of rotatable bonds is 6. The van der Waals surface area contributed by atoms with Gasteiger partial charge >= 0.3 is 5.97 Å². The van der Waals surface area contributed by atoms with Crippen LogP contribution >= 0.6 is 0 Å². The maximum atomic E-state index is 13.4. The maximum absolute atomic E-state index is 13.4. The molecular formula is C24H25N3O7. The van der Waals surface area contributed by atoms with E-state index in [0.717, 1.165) is 11.0 Å². The molecule has 0 N–H and O–H groups in total. The second-order valence-corrected chi connectivity index (χ2v) is 8.71. The van der Waals surface area contributed by atoms with Crippen molar-refractivity contribution in [3.05, 3.63) is 69.8 Å². The number of carbonyl (C=O) groups is 4. The minimum atomic E-state index is -1.09. The van der Waals surface area contributed by atoms with E-state index in [9.17, 15) is 29.3 Å².